The lowest BCUT2D eigenvalue weighted by molar-refractivity contribution is 0.391. The van der Waals surface area contributed by atoms with Crippen molar-refractivity contribution in [2.45, 2.75) is 19.9 Å². The lowest BCUT2D eigenvalue weighted by Crippen LogP contribution is -2.21. The Hall–Kier alpha value is -3.36. The van der Waals surface area contributed by atoms with Crippen LogP contribution in [-0.4, -0.2) is 60.9 Å². The summed E-state index contributed by atoms with van der Waals surface area (Å²) in [5.41, 5.74) is 5.11. The SMILES string of the molecule is COc1ccc(-c2cc3c(cc2OC)c(C)cc2n[nH]c(=O)n23)cc1CNCCCN(C)C. The summed E-state index contributed by atoms with van der Waals surface area (Å²) in [6.45, 7) is 4.67. The molecule has 2 N–H and O–H groups in total. The van der Waals surface area contributed by atoms with E-state index in [-0.39, 0.29) is 5.69 Å². The number of methoxy groups -OCH3 is 2. The van der Waals surface area contributed by atoms with Gasteiger partial charge in [-0.1, -0.05) is 6.07 Å². The molecule has 0 spiro atoms. The highest BCUT2D eigenvalue weighted by Crippen LogP contribution is 2.37. The van der Waals surface area contributed by atoms with Crippen molar-refractivity contribution in [1.82, 2.24) is 24.8 Å². The van der Waals surface area contributed by atoms with Gasteiger partial charge >= 0.3 is 5.69 Å². The molecule has 0 aliphatic heterocycles. The van der Waals surface area contributed by atoms with Gasteiger partial charge in [0, 0.05) is 23.1 Å². The summed E-state index contributed by atoms with van der Waals surface area (Å²) in [6.07, 6.45) is 1.07. The first-order valence-electron chi connectivity index (χ1n) is 11.0. The summed E-state index contributed by atoms with van der Waals surface area (Å²) in [5, 5.41) is 11.1. The first kappa shape index (κ1) is 22.8. The Morgan fingerprint density at radius 2 is 1.88 bits per heavy atom. The molecule has 2 heterocycles. The summed E-state index contributed by atoms with van der Waals surface area (Å²) in [4.78, 5) is 14.6. The number of aryl methyl sites for hydroxylation is 1. The largest absolute Gasteiger partial charge is 0.496 e. The Balaban J connectivity index is 1.76. The third kappa shape index (κ3) is 4.58. The van der Waals surface area contributed by atoms with E-state index in [0.717, 1.165) is 64.2 Å². The highest BCUT2D eigenvalue weighted by atomic mass is 16.5. The molecular formula is C25H31N5O3. The number of H-pyrrole nitrogens is 1. The molecule has 4 rings (SSSR count). The van der Waals surface area contributed by atoms with E-state index in [4.69, 9.17) is 9.47 Å². The number of hydrogen-bond donors (Lipinski definition) is 2. The van der Waals surface area contributed by atoms with Crippen LogP contribution in [0.2, 0.25) is 0 Å². The van der Waals surface area contributed by atoms with Crippen molar-refractivity contribution >= 4 is 16.6 Å². The summed E-state index contributed by atoms with van der Waals surface area (Å²) >= 11 is 0. The minimum absolute atomic E-state index is 0.261. The molecule has 0 saturated heterocycles. The second-order valence-corrected chi connectivity index (χ2v) is 8.48. The first-order chi connectivity index (χ1) is 15.9. The number of aromatic amines is 1. The van der Waals surface area contributed by atoms with E-state index in [1.54, 1.807) is 18.6 Å². The van der Waals surface area contributed by atoms with Gasteiger partial charge in [-0.05, 0) is 82.0 Å². The van der Waals surface area contributed by atoms with Crippen LogP contribution in [0.15, 0.2) is 41.2 Å². The van der Waals surface area contributed by atoms with E-state index in [1.807, 2.05) is 37.3 Å². The van der Waals surface area contributed by atoms with Crippen LogP contribution in [0, 0.1) is 6.92 Å². The molecular weight excluding hydrogens is 418 g/mol. The number of hydrogen-bond acceptors (Lipinski definition) is 6. The van der Waals surface area contributed by atoms with Crippen molar-refractivity contribution in [3.05, 3.63) is 58.0 Å². The van der Waals surface area contributed by atoms with Crippen LogP contribution in [0.25, 0.3) is 27.7 Å². The van der Waals surface area contributed by atoms with Crippen LogP contribution < -0.4 is 20.5 Å². The Bertz CT molecular complexity index is 1340. The van der Waals surface area contributed by atoms with Gasteiger partial charge < -0.3 is 19.7 Å². The van der Waals surface area contributed by atoms with Gasteiger partial charge in [0.15, 0.2) is 5.65 Å². The van der Waals surface area contributed by atoms with E-state index in [0.29, 0.717) is 12.2 Å². The maximum atomic E-state index is 12.4. The zero-order valence-electron chi connectivity index (χ0n) is 19.9. The monoisotopic (exact) mass is 449 g/mol. The standard InChI is InChI=1S/C25H31N5O3/c1-16-11-24-27-28-25(31)30(24)21-13-20(23(33-5)14-19(16)21)17-7-8-22(32-4)18(12-17)15-26-9-6-10-29(2)3/h7-8,11-14,26H,6,9-10,15H2,1-5H3,(H,28,31). The van der Waals surface area contributed by atoms with Crippen LogP contribution >= 0.6 is 0 Å². The van der Waals surface area contributed by atoms with E-state index in [9.17, 15) is 4.79 Å². The third-order valence-corrected chi connectivity index (χ3v) is 5.89. The van der Waals surface area contributed by atoms with Crippen molar-refractivity contribution in [2.24, 2.45) is 0 Å². The minimum Gasteiger partial charge on any atom is -0.496 e. The highest BCUT2D eigenvalue weighted by molar-refractivity contribution is 5.92. The quantitative estimate of drug-likeness (QED) is 0.382. The predicted molar refractivity (Wildman–Crippen MR) is 131 cm³/mol. The Morgan fingerprint density at radius 3 is 2.61 bits per heavy atom. The molecule has 174 valence electrons. The fourth-order valence-corrected chi connectivity index (χ4v) is 4.20. The average molecular weight is 450 g/mol. The maximum absolute atomic E-state index is 12.4. The zero-order chi connectivity index (χ0) is 23.5. The molecule has 0 fully saturated rings. The summed E-state index contributed by atoms with van der Waals surface area (Å²) < 4.78 is 13.0. The van der Waals surface area contributed by atoms with Crippen molar-refractivity contribution in [3.8, 4) is 22.6 Å². The van der Waals surface area contributed by atoms with Crippen LogP contribution in [0.5, 0.6) is 11.5 Å². The lowest BCUT2D eigenvalue weighted by Gasteiger charge is -2.16. The molecule has 0 radical (unpaired) electrons. The summed E-state index contributed by atoms with van der Waals surface area (Å²) in [5.74, 6) is 1.58. The fourth-order valence-electron chi connectivity index (χ4n) is 4.20. The number of benzene rings is 2. The molecule has 8 nitrogen and oxygen atoms in total. The molecule has 2 aromatic carbocycles. The number of fused-ring (bicyclic) bond motifs is 3. The summed E-state index contributed by atoms with van der Waals surface area (Å²) in [6, 6.07) is 12.0. The van der Waals surface area contributed by atoms with E-state index in [1.165, 1.54) is 0 Å². The average Bonchev–Trinajstić information content (AvgIpc) is 3.18. The number of pyridine rings is 1. The zero-order valence-corrected chi connectivity index (χ0v) is 19.9. The molecule has 0 saturated carbocycles. The highest BCUT2D eigenvalue weighted by Gasteiger charge is 2.15. The number of nitrogens with one attached hydrogen (secondary N) is 2. The lowest BCUT2D eigenvalue weighted by atomic mass is 9.98. The van der Waals surface area contributed by atoms with Gasteiger partial charge in [0.05, 0.1) is 19.7 Å². The Kier molecular flexibility index (Phi) is 6.67. The molecule has 0 aliphatic rings. The number of ether oxygens (including phenoxy) is 2. The topological polar surface area (TPSA) is 83.9 Å². The predicted octanol–water partition coefficient (Wildman–Crippen LogP) is 3.21. The van der Waals surface area contributed by atoms with Gasteiger partial charge in [0.2, 0.25) is 0 Å². The van der Waals surface area contributed by atoms with Crippen molar-refractivity contribution < 1.29 is 9.47 Å². The normalized spacial score (nSPS) is 11.6. The molecule has 0 aliphatic carbocycles. The molecule has 0 bridgehead atoms. The molecule has 0 amide bonds. The van der Waals surface area contributed by atoms with E-state index >= 15 is 0 Å². The molecule has 0 atom stereocenters. The van der Waals surface area contributed by atoms with Crippen LogP contribution in [0.3, 0.4) is 0 Å². The van der Waals surface area contributed by atoms with Gasteiger partial charge in [-0.3, -0.25) is 0 Å². The first-order valence-corrected chi connectivity index (χ1v) is 11.0. The van der Waals surface area contributed by atoms with Crippen LogP contribution in [0.4, 0.5) is 0 Å². The molecule has 0 unspecified atom stereocenters. The van der Waals surface area contributed by atoms with Crippen LogP contribution in [0.1, 0.15) is 17.5 Å². The second kappa shape index (κ2) is 9.64. The minimum atomic E-state index is -0.261. The number of nitrogens with zero attached hydrogens (tertiary/aromatic N) is 3. The van der Waals surface area contributed by atoms with Crippen molar-refractivity contribution in [3.63, 3.8) is 0 Å². The van der Waals surface area contributed by atoms with Crippen molar-refractivity contribution in [2.75, 3.05) is 41.4 Å². The number of aromatic nitrogens is 3. The van der Waals surface area contributed by atoms with Gasteiger partial charge in [0.25, 0.3) is 0 Å². The van der Waals surface area contributed by atoms with E-state index in [2.05, 4.69) is 40.6 Å². The third-order valence-electron chi connectivity index (χ3n) is 5.89. The van der Waals surface area contributed by atoms with Gasteiger partial charge in [-0.2, -0.15) is 5.10 Å². The Morgan fingerprint density at radius 1 is 1.09 bits per heavy atom. The van der Waals surface area contributed by atoms with E-state index < -0.39 is 0 Å². The maximum Gasteiger partial charge on any atom is 0.348 e. The van der Waals surface area contributed by atoms with Gasteiger partial charge in [-0.15, -0.1) is 0 Å². The van der Waals surface area contributed by atoms with Crippen LogP contribution in [-0.2, 0) is 6.54 Å². The summed E-state index contributed by atoms with van der Waals surface area (Å²) in [7, 11) is 7.51. The molecule has 8 heteroatoms. The molecule has 2 aromatic heterocycles. The smallest absolute Gasteiger partial charge is 0.348 e. The van der Waals surface area contributed by atoms with Gasteiger partial charge in [0.1, 0.15) is 11.5 Å². The van der Waals surface area contributed by atoms with Gasteiger partial charge in [-0.25, -0.2) is 14.3 Å². The second-order valence-electron chi connectivity index (χ2n) is 8.48. The van der Waals surface area contributed by atoms with Crippen molar-refractivity contribution in [1.29, 1.82) is 0 Å². The molecule has 4 aromatic rings. The number of rotatable bonds is 9. The Labute approximate surface area is 193 Å². The fraction of sp³-hybridized carbons (Fsp3) is 0.360. The molecule has 33 heavy (non-hydrogen) atoms.